The molecule has 1 aromatic carbocycles. The molecule has 0 unspecified atom stereocenters. The van der Waals surface area contributed by atoms with Crippen molar-refractivity contribution in [2.45, 2.75) is 19.9 Å². The Bertz CT molecular complexity index is 630. The molecule has 0 aliphatic rings. The second-order valence-corrected chi connectivity index (χ2v) is 4.85. The van der Waals surface area contributed by atoms with E-state index < -0.39 is 0 Å². The number of nitrogens with two attached hydrogens (primary N) is 1. The molecule has 4 heteroatoms. The summed E-state index contributed by atoms with van der Waals surface area (Å²) in [5.74, 6) is 4.18. The van der Waals surface area contributed by atoms with Crippen LogP contribution in [0.3, 0.4) is 0 Å². The van der Waals surface area contributed by atoms with Crippen LogP contribution in [0.2, 0.25) is 0 Å². The minimum Gasteiger partial charge on any atom is -0.383 e. The molecule has 104 valence electrons. The molecule has 0 atom stereocenters. The third-order valence-electron chi connectivity index (χ3n) is 3.31. The second-order valence-electron chi connectivity index (χ2n) is 4.85. The van der Waals surface area contributed by atoms with Gasteiger partial charge in [-0.15, -0.1) is 6.42 Å². The van der Waals surface area contributed by atoms with Crippen molar-refractivity contribution >= 4 is 11.5 Å². The van der Waals surface area contributed by atoms with Crippen molar-refractivity contribution in [1.82, 2.24) is 9.55 Å². The summed E-state index contributed by atoms with van der Waals surface area (Å²) in [6, 6.07) is 8.18. The van der Waals surface area contributed by atoms with Gasteiger partial charge in [-0.05, 0) is 12.1 Å². The van der Waals surface area contributed by atoms with Gasteiger partial charge < -0.3 is 15.2 Å². The van der Waals surface area contributed by atoms with Crippen LogP contribution in [0.5, 0.6) is 0 Å². The zero-order chi connectivity index (χ0) is 14.7. The lowest BCUT2D eigenvalue weighted by Gasteiger charge is -2.12. The van der Waals surface area contributed by atoms with E-state index in [1.54, 1.807) is 0 Å². The monoisotopic (exact) mass is 268 g/mol. The number of hydrogen-bond acceptors (Lipinski definition) is 3. The standard InChI is InChI=1S/C16H20N4/c1-5-11-20-14(6-2)18-15(16(20)17)12-7-9-13(10-8-12)19(3)4/h1,7-10H,6,11,17H2,2-4H3. The van der Waals surface area contributed by atoms with E-state index in [-0.39, 0.29) is 0 Å². The smallest absolute Gasteiger partial charge is 0.132 e. The van der Waals surface area contributed by atoms with Gasteiger partial charge in [0, 0.05) is 31.8 Å². The Morgan fingerprint density at radius 3 is 2.45 bits per heavy atom. The van der Waals surface area contributed by atoms with Crippen molar-refractivity contribution in [2.24, 2.45) is 0 Å². The zero-order valence-corrected chi connectivity index (χ0v) is 12.2. The number of imidazole rings is 1. The zero-order valence-electron chi connectivity index (χ0n) is 12.2. The first kappa shape index (κ1) is 14.0. The van der Waals surface area contributed by atoms with E-state index in [9.17, 15) is 0 Å². The van der Waals surface area contributed by atoms with E-state index >= 15 is 0 Å². The van der Waals surface area contributed by atoms with Crippen LogP contribution in [-0.2, 0) is 13.0 Å². The number of nitrogens with zero attached hydrogens (tertiary/aromatic N) is 3. The summed E-state index contributed by atoms with van der Waals surface area (Å²) in [5, 5.41) is 0. The first-order valence-corrected chi connectivity index (χ1v) is 6.64. The van der Waals surface area contributed by atoms with Gasteiger partial charge in [-0.1, -0.05) is 25.0 Å². The third-order valence-corrected chi connectivity index (χ3v) is 3.31. The predicted molar refractivity (Wildman–Crippen MR) is 84.6 cm³/mol. The number of nitrogen functional groups attached to an aromatic ring is 1. The maximum absolute atomic E-state index is 6.19. The van der Waals surface area contributed by atoms with Gasteiger partial charge in [0.15, 0.2) is 0 Å². The molecular formula is C16H20N4. The second kappa shape index (κ2) is 5.70. The van der Waals surface area contributed by atoms with Crippen molar-refractivity contribution in [3.8, 4) is 23.6 Å². The number of rotatable bonds is 4. The average Bonchev–Trinajstić information content (AvgIpc) is 2.76. The first-order chi connectivity index (χ1) is 9.58. The molecule has 2 aromatic rings. The highest BCUT2D eigenvalue weighted by molar-refractivity contribution is 5.72. The molecule has 0 bridgehead atoms. The van der Waals surface area contributed by atoms with E-state index in [1.165, 1.54) is 0 Å². The van der Waals surface area contributed by atoms with Crippen LogP contribution >= 0.6 is 0 Å². The molecule has 0 amide bonds. The third kappa shape index (κ3) is 2.48. The lowest BCUT2D eigenvalue weighted by atomic mass is 10.1. The highest BCUT2D eigenvalue weighted by Crippen LogP contribution is 2.28. The molecule has 2 N–H and O–H groups in total. The van der Waals surface area contributed by atoms with Gasteiger partial charge in [-0.3, -0.25) is 0 Å². The summed E-state index contributed by atoms with van der Waals surface area (Å²) in [6.07, 6.45) is 6.20. The number of terminal acetylenes is 1. The van der Waals surface area contributed by atoms with Gasteiger partial charge in [0.05, 0.1) is 6.54 Å². The van der Waals surface area contributed by atoms with Crippen LogP contribution in [0.4, 0.5) is 11.5 Å². The predicted octanol–water partition coefficient (Wildman–Crippen LogP) is 2.39. The van der Waals surface area contributed by atoms with Gasteiger partial charge in [0.2, 0.25) is 0 Å². The maximum Gasteiger partial charge on any atom is 0.132 e. The lowest BCUT2D eigenvalue weighted by Crippen LogP contribution is -2.08. The fourth-order valence-electron chi connectivity index (χ4n) is 2.18. The van der Waals surface area contributed by atoms with E-state index in [0.717, 1.165) is 29.2 Å². The Balaban J connectivity index is 2.45. The average molecular weight is 268 g/mol. The molecular weight excluding hydrogens is 248 g/mol. The first-order valence-electron chi connectivity index (χ1n) is 6.64. The molecule has 4 nitrogen and oxygen atoms in total. The molecule has 0 spiro atoms. The summed E-state index contributed by atoms with van der Waals surface area (Å²) < 4.78 is 1.90. The number of aryl methyl sites for hydroxylation is 1. The fraction of sp³-hybridized carbons (Fsp3) is 0.312. The largest absolute Gasteiger partial charge is 0.383 e. The molecule has 0 radical (unpaired) electrons. The summed E-state index contributed by atoms with van der Waals surface area (Å²) in [6.45, 7) is 2.51. The summed E-state index contributed by atoms with van der Waals surface area (Å²) in [5.41, 5.74) is 9.16. The highest BCUT2D eigenvalue weighted by atomic mass is 15.1. The van der Waals surface area contributed by atoms with Gasteiger partial charge in [0.1, 0.15) is 17.3 Å². The molecule has 0 saturated carbocycles. The molecule has 0 saturated heterocycles. The van der Waals surface area contributed by atoms with Crippen molar-refractivity contribution in [1.29, 1.82) is 0 Å². The van der Waals surface area contributed by atoms with Crippen LogP contribution in [0.15, 0.2) is 24.3 Å². The highest BCUT2D eigenvalue weighted by Gasteiger charge is 2.14. The van der Waals surface area contributed by atoms with Crippen LogP contribution in [0.1, 0.15) is 12.7 Å². The van der Waals surface area contributed by atoms with Crippen molar-refractivity contribution in [2.75, 3.05) is 24.7 Å². The van der Waals surface area contributed by atoms with E-state index in [2.05, 4.69) is 27.9 Å². The number of anilines is 2. The fourth-order valence-corrected chi connectivity index (χ4v) is 2.18. The van der Waals surface area contributed by atoms with E-state index in [0.29, 0.717) is 12.4 Å². The van der Waals surface area contributed by atoms with E-state index in [4.69, 9.17) is 12.2 Å². The number of hydrogen-bond donors (Lipinski definition) is 1. The van der Waals surface area contributed by atoms with Crippen LogP contribution in [0.25, 0.3) is 11.3 Å². The maximum atomic E-state index is 6.19. The molecule has 0 aliphatic carbocycles. The molecule has 2 rings (SSSR count). The van der Waals surface area contributed by atoms with Crippen LogP contribution in [-0.4, -0.2) is 23.6 Å². The van der Waals surface area contributed by atoms with Crippen LogP contribution in [0, 0.1) is 12.3 Å². The van der Waals surface area contributed by atoms with Crippen molar-refractivity contribution in [3.05, 3.63) is 30.1 Å². The minimum absolute atomic E-state index is 0.456. The summed E-state index contributed by atoms with van der Waals surface area (Å²) >= 11 is 0. The molecule has 0 aliphatic heterocycles. The Morgan fingerprint density at radius 1 is 1.30 bits per heavy atom. The molecule has 20 heavy (non-hydrogen) atoms. The lowest BCUT2D eigenvalue weighted by molar-refractivity contribution is 0.769. The van der Waals surface area contributed by atoms with Crippen molar-refractivity contribution in [3.63, 3.8) is 0 Å². The Hall–Kier alpha value is -2.41. The quantitative estimate of drug-likeness (QED) is 0.866. The Kier molecular flexibility index (Phi) is 3.99. The minimum atomic E-state index is 0.456. The number of aromatic nitrogens is 2. The van der Waals surface area contributed by atoms with E-state index in [1.807, 2.05) is 37.7 Å². The normalized spacial score (nSPS) is 10.3. The number of benzene rings is 1. The van der Waals surface area contributed by atoms with Gasteiger partial charge in [-0.25, -0.2) is 4.98 Å². The van der Waals surface area contributed by atoms with Crippen molar-refractivity contribution < 1.29 is 0 Å². The van der Waals surface area contributed by atoms with Crippen LogP contribution < -0.4 is 10.6 Å². The SMILES string of the molecule is C#CCn1c(CC)nc(-c2ccc(N(C)C)cc2)c1N. The Morgan fingerprint density at radius 2 is 1.95 bits per heavy atom. The van der Waals surface area contributed by atoms with Gasteiger partial charge in [-0.2, -0.15) is 0 Å². The molecule has 1 heterocycles. The van der Waals surface area contributed by atoms with Gasteiger partial charge >= 0.3 is 0 Å². The van der Waals surface area contributed by atoms with Gasteiger partial charge in [0.25, 0.3) is 0 Å². The summed E-state index contributed by atoms with van der Waals surface area (Å²) in [4.78, 5) is 6.68. The summed E-state index contributed by atoms with van der Waals surface area (Å²) in [7, 11) is 4.03. The molecule has 0 fully saturated rings. The molecule has 1 aromatic heterocycles. The topological polar surface area (TPSA) is 47.1 Å². The Labute approximate surface area is 120 Å².